The molecule has 0 aromatic heterocycles. The van der Waals surface area contributed by atoms with Gasteiger partial charge in [-0.1, -0.05) is 294 Å². The van der Waals surface area contributed by atoms with Gasteiger partial charge in [0, 0.05) is 19.3 Å². The number of hydrogen-bond donors (Lipinski definition) is 4. The second-order valence-electron chi connectivity index (χ2n) is 26.1. The molecule has 0 amide bonds. The highest BCUT2D eigenvalue weighted by Gasteiger charge is 2.29. The number of rotatable bonds is 74. The standard InChI is InChI=1S/C85H142O16P2/c1-4-7-10-13-16-19-22-25-28-31-33-35-36-37-38-39-40-41-42-44-46-48-50-53-56-59-62-65-68-71-83(88)95-74-80(86)75-97-102(91,92)98-76-81(87)77-99-103(93,94)100-79-82(101-85(90)73-70-67-64-61-58-55-52-47-30-27-24-21-18-15-12-9-6-3)78-96-84(89)72-69-66-63-60-57-54-51-49-45-43-34-32-29-26-23-20-17-14-11-8-5-2/h8-9,11-12,16-21,25-30,33-35,37-38,43,49,51-52,55,80-82,86-87H,4-7,10,13-15,22-24,31-32,36,39-42,44-48,50,53-54,56-79H2,1-3H3,(H,91,92)(H,93,94)/b11-8-,12-9-,19-16-,20-17-,21-18-,28-25-,29-26-,30-27-,35-33-,38-37-,43-34-,51-49-,55-52-. The van der Waals surface area contributed by atoms with Crippen LogP contribution in [0.2, 0.25) is 0 Å². The molecular formula is C85H142O16P2. The molecule has 5 atom stereocenters. The lowest BCUT2D eigenvalue weighted by molar-refractivity contribution is -0.161. The molecule has 588 valence electrons. The van der Waals surface area contributed by atoms with Gasteiger partial charge in [0.1, 0.15) is 25.4 Å². The van der Waals surface area contributed by atoms with Crippen LogP contribution in [0, 0.1) is 0 Å². The van der Waals surface area contributed by atoms with Gasteiger partial charge in [0.15, 0.2) is 6.10 Å². The van der Waals surface area contributed by atoms with Crippen LogP contribution in [-0.4, -0.2) is 95.9 Å². The maximum atomic E-state index is 13.0. The lowest BCUT2D eigenvalue weighted by atomic mass is 10.0. The molecule has 0 saturated heterocycles. The van der Waals surface area contributed by atoms with Crippen molar-refractivity contribution in [2.24, 2.45) is 0 Å². The predicted octanol–water partition coefficient (Wildman–Crippen LogP) is 23.4. The van der Waals surface area contributed by atoms with Gasteiger partial charge in [0.25, 0.3) is 0 Å². The molecule has 0 spiro atoms. The largest absolute Gasteiger partial charge is 0.472 e. The Morgan fingerprint density at radius 2 is 0.515 bits per heavy atom. The SMILES string of the molecule is CC/C=C\C/C=C\C/C=C\C/C=C\C/C=C\CCCCCCCC(=O)OCC(COP(=O)(O)OCC(O)COP(=O)(O)OCC(O)COC(=O)CCCCCCCCCCCCCCC/C=C\C/C=C\C/C=C\C/C=C\CCCCC)OC(=O)CCCCCC/C=C\C/C=C\C/C=C\C/C=C\CC. The number of phosphoric ester groups is 2. The smallest absolute Gasteiger partial charge is 0.463 e. The molecule has 16 nitrogen and oxygen atoms in total. The van der Waals surface area contributed by atoms with Crippen LogP contribution in [-0.2, 0) is 55.8 Å². The fourth-order valence-corrected chi connectivity index (χ4v) is 11.8. The number of ether oxygens (including phenoxy) is 3. The van der Waals surface area contributed by atoms with Gasteiger partial charge < -0.3 is 34.2 Å². The first kappa shape index (κ1) is 98.2. The summed E-state index contributed by atoms with van der Waals surface area (Å²) in [6.45, 7) is 2.37. The maximum Gasteiger partial charge on any atom is 0.472 e. The summed E-state index contributed by atoms with van der Waals surface area (Å²) in [5.74, 6) is -1.63. The molecule has 0 aromatic rings. The summed E-state index contributed by atoms with van der Waals surface area (Å²) >= 11 is 0. The Balaban J connectivity index is 4.60. The molecule has 18 heteroatoms. The molecule has 0 aliphatic rings. The fourth-order valence-electron chi connectivity index (χ4n) is 10.2. The number of unbranched alkanes of at least 4 members (excludes halogenated alkanes) is 25. The van der Waals surface area contributed by atoms with Crippen molar-refractivity contribution in [3.63, 3.8) is 0 Å². The van der Waals surface area contributed by atoms with E-state index in [4.69, 9.17) is 32.3 Å². The maximum absolute atomic E-state index is 13.0. The minimum absolute atomic E-state index is 0.0665. The minimum atomic E-state index is -4.95. The second-order valence-corrected chi connectivity index (χ2v) is 29.0. The molecule has 0 fully saturated rings. The van der Waals surface area contributed by atoms with Gasteiger partial charge in [0.05, 0.1) is 26.4 Å². The third kappa shape index (κ3) is 78.1. The fraction of sp³-hybridized carbons (Fsp3) is 0.659. The topological polar surface area (TPSA) is 231 Å². The van der Waals surface area contributed by atoms with E-state index < -0.39 is 91.5 Å². The molecule has 0 bridgehead atoms. The molecule has 0 saturated carbocycles. The predicted molar refractivity (Wildman–Crippen MR) is 426 cm³/mol. The summed E-state index contributed by atoms with van der Waals surface area (Å²) < 4.78 is 61.1. The van der Waals surface area contributed by atoms with Crippen LogP contribution >= 0.6 is 15.6 Å². The van der Waals surface area contributed by atoms with Crippen LogP contribution in [0.1, 0.15) is 303 Å². The van der Waals surface area contributed by atoms with E-state index in [1.165, 1.54) is 83.5 Å². The normalized spacial score (nSPS) is 14.8. The zero-order valence-corrected chi connectivity index (χ0v) is 66.0. The van der Waals surface area contributed by atoms with Crippen molar-refractivity contribution >= 4 is 33.6 Å². The molecule has 0 heterocycles. The molecule has 4 N–H and O–H groups in total. The highest BCUT2D eigenvalue weighted by atomic mass is 31.2. The number of carbonyl (C=O) groups excluding carboxylic acids is 3. The van der Waals surface area contributed by atoms with Crippen LogP contribution in [0.25, 0.3) is 0 Å². The number of phosphoric acid groups is 2. The summed E-state index contributed by atoms with van der Waals surface area (Å²) in [5, 5.41) is 20.6. The third-order valence-electron chi connectivity index (χ3n) is 16.2. The van der Waals surface area contributed by atoms with E-state index in [2.05, 4.69) is 179 Å². The first-order valence-corrected chi connectivity index (χ1v) is 42.8. The first-order valence-electron chi connectivity index (χ1n) is 39.8. The van der Waals surface area contributed by atoms with Gasteiger partial charge in [-0.2, -0.15) is 0 Å². The van der Waals surface area contributed by atoms with Crippen molar-refractivity contribution in [2.75, 3.05) is 39.6 Å². The molecule has 0 aromatic carbocycles. The van der Waals surface area contributed by atoms with Crippen molar-refractivity contribution in [3.05, 3.63) is 158 Å². The van der Waals surface area contributed by atoms with E-state index in [1.54, 1.807) is 0 Å². The average Bonchev–Trinajstić information content (AvgIpc) is 0.924. The monoisotopic (exact) mass is 1480 g/mol. The van der Waals surface area contributed by atoms with Crippen molar-refractivity contribution in [1.29, 1.82) is 0 Å². The molecule has 0 aliphatic carbocycles. The highest BCUT2D eigenvalue weighted by molar-refractivity contribution is 7.47. The van der Waals surface area contributed by atoms with E-state index >= 15 is 0 Å². The zero-order valence-electron chi connectivity index (χ0n) is 64.2. The minimum Gasteiger partial charge on any atom is -0.463 e. The number of hydrogen-bond acceptors (Lipinski definition) is 14. The average molecular weight is 1480 g/mol. The molecule has 0 radical (unpaired) electrons. The Hall–Kier alpha value is -4.83. The summed E-state index contributed by atoms with van der Waals surface area (Å²) in [6.07, 6.45) is 95.7. The molecule has 5 unspecified atom stereocenters. The second kappa shape index (κ2) is 76.8. The van der Waals surface area contributed by atoms with E-state index in [1.807, 2.05) is 0 Å². The zero-order chi connectivity index (χ0) is 75.2. The van der Waals surface area contributed by atoms with Crippen LogP contribution in [0.3, 0.4) is 0 Å². The number of allylic oxidation sites excluding steroid dienone is 26. The van der Waals surface area contributed by atoms with Gasteiger partial charge in [-0.15, -0.1) is 0 Å². The lowest BCUT2D eigenvalue weighted by Crippen LogP contribution is -2.30. The Bertz CT molecular complexity index is 2500. The summed E-state index contributed by atoms with van der Waals surface area (Å²) in [5.41, 5.74) is 0. The van der Waals surface area contributed by atoms with Gasteiger partial charge in [-0.3, -0.25) is 32.5 Å². The van der Waals surface area contributed by atoms with E-state index in [9.17, 15) is 43.5 Å². The molecule has 103 heavy (non-hydrogen) atoms. The van der Waals surface area contributed by atoms with Crippen LogP contribution in [0.4, 0.5) is 0 Å². The number of aliphatic hydroxyl groups excluding tert-OH is 2. The summed E-state index contributed by atoms with van der Waals surface area (Å²) in [7, 11) is -9.81. The van der Waals surface area contributed by atoms with Gasteiger partial charge >= 0.3 is 33.6 Å². The van der Waals surface area contributed by atoms with E-state index in [-0.39, 0.29) is 19.3 Å². The van der Waals surface area contributed by atoms with Crippen molar-refractivity contribution < 1.29 is 75.8 Å². The highest BCUT2D eigenvalue weighted by Crippen LogP contribution is 2.45. The van der Waals surface area contributed by atoms with Crippen molar-refractivity contribution in [3.8, 4) is 0 Å². The first-order chi connectivity index (χ1) is 50.2. The van der Waals surface area contributed by atoms with Gasteiger partial charge in [0.2, 0.25) is 0 Å². The quantitative estimate of drug-likeness (QED) is 0.0146. The number of aliphatic hydroxyl groups is 2. The Morgan fingerprint density at radius 1 is 0.282 bits per heavy atom. The van der Waals surface area contributed by atoms with Crippen LogP contribution in [0.15, 0.2) is 158 Å². The Morgan fingerprint density at radius 3 is 0.816 bits per heavy atom. The van der Waals surface area contributed by atoms with Gasteiger partial charge in [-0.25, -0.2) is 9.13 Å². The molecule has 0 rings (SSSR count). The molecular weight excluding hydrogens is 1340 g/mol. The van der Waals surface area contributed by atoms with Crippen LogP contribution < -0.4 is 0 Å². The third-order valence-corrected chi connectivity index (χ3v) is 18.1. The van der Waals surface area contributed by atoms with Crippen molar-refractivity contribution in [1.82, 2.24) is 0 Å². The van der Waals surface area contributed by atoms with E-state index in [0.717, 1.165) is 161 Å². The van der Waals surface area contributed by atoms with Gasteiger partial charge in [-0.05, 0) is 148 Å². The van der Waals surface area contributed by atoms with E-state index in [0.29, 0.717) is 19.3 Å². The summed E-state index contributed by atoms with van der Waals surface area (Å²) in [6, 6.07) is 0. The molecule has 0 aliphatic heterocycles. The Kier molecular flexibility index (Phi) is 73.2. The number of esters is 3. The lowest BCUT2D eigenvalue weighted by Gasteiger charge is -2.21. The van der Waals surface area contributed by atoms with Crippen molar-refractivity contribution in [2.45, 2.75) is 322 Å². The van der Waals surface area contributed by atoms with Crippen LogP contribution in [0.5, 0.6) is 0 Å². The summed E-state index contributed by atoms with van der Waals surface area (Å²) in [4.78, 5) is 58.7. The number of carbonyl (C=O) groups is 3. The Labute approximate surface area is 625 Å².